The van der Waals surface area contributed by atoms with E-state index in [1.54, 1.807) is 6.08 Å². The minimum absolute atomic E-state index is 0.327. The van der Waals surface area contributed by atoms with Crippen molar-refractivity contribution in [1.82, 2.24) is 9.80 Å². The molecule has 74 valence electrons. The first-order valence-electron chi connectivity index (χ1n) is 4.59. The molecule has 1 rings (SSSR count). The smallest absolute Gasteiger partial charge is 0.138 e. The summed E-state index contributed by atoms with van der Waals surface area (Å²) in [6, 6.07) is 0. The zero-order valence-corrected chi connectivity index (χ0v) is 8.39. The van der Waals surface area contributed by atoms with Crippen LogP contribution < -0.4 is 0 Å². The normalized spacial score (nSPS) is 20.5. The number of rotatable bonds is 2. The van der Waals surface area contributed by atoms with Gasteiger partial charge in [-0.25, -0.2) is 4.39 Å². The molecule has 0 bridgehead atoms. The standard InChI is InChI=1S/C10H17FN2/c1-4-10(9(2)11)13-7-5-12(3)6-8-13/h4H,2,5-8H2,1,3H3/b10-4+. The van der Waals surface area contributed by atoms with Crippen LogP contribution in [0.1, 0.15) is 6.92 Å². The third-order valence-electron chi connectivity index (χ3n) is 2.40. The zero-order chi connectivity index (χ0) is 9.84. The fraction of sp³-hybridized carbons (Fsp3) is 0.600. The Labute approximate surface area is 79.3 Å². The van der Waals surface area contributed by atoms with Gasteiger partial charge in [0.15, 0.2) is 0 Å². The van der Waals surface area contributed by atoms with Gasteiger partial charge in [0.1, 0.15) is 5.83 Å². The van der Waals surface area contributed by atoms with Crippen LogP contribution >= 0.6 is 0 Å². The second-order valence-electron chi connectivity index (χ2n) is 3.37. The molecular formula is C10H17FN2. The average molecular weight is 184 g/mol. The van der Waals surface area contributed by atoms with Gasteiger partial charge in [-0.05, 0) is 14.0 Å². The highest BCUT2D eigenvalue weighted by Crippen LogP contribution is 2.16. The summed E-state index contributed by atoms with van der Waals surface area (Å²) >= 11 is 0. The van der Waals surface area contributed by atoms with E-state index < -0.39 is 0 Å². The molecule has 1 fully saturated rings. The molecule has 0 spiro atoms. The van der Waals surface area contributed by atoms with Crippen LogP contribution in [0.25, 0.3) is 0 Å². The van der Waals surface area contributed by atoms with Gasteiger partial charge in [-0.3, -0.25) is 0 Å². The molecule has 1 saturated heterocycles. The maximum atomic E-state index is 12.9. The van der Waals surface area contributed by atoms with Gasteiger partial charge in [-0.2, -0.15) is 0 Å². The molecule has 0 unspecified atom stereocenters. The summed E-state index contributed by atoms with van der Waals surface area (Å²) in [5.41, 5.74) is 0.646. The molecule has 13 heavy (non-hydrogen) atoms. The van der Waals surface area contributed by atoms with Gasteiger partial charge in [-0.1, -0.05) is 12.7 Å². The largest absolute Gasteiger partial charge is 0.367 e. The van der Waals surface area contributed by atoms with Crippen LogP contribution in [0.15, 0.2) is 24.2 Å². The Balaban J connectivity index is 2.57. The summed E-state index contributed by atoms with van der Waals surface area (Å²) in [5.74, 6) is -0.327. The van der Waals surface area contributed by atoms with E-state index >= 15 is 0 Å². The van der Waals surface area contributed by atoms with Gasteiger partial charge >= 0.3 is 0 Å². The van der Waals surface area contributed by atoms with Crippen LogP contribution in [0.2, 0.25) is 0 Å². The molecule has 0 aromatic rings. The molecule has 0 saturated carbocycles. The summed E-state index contributed by atoms with van der Waals surface area (Å²) in [4.78, 5) is 4.28. The lowest BCUT2D eigenvalue weighted by Gasteiger charge is -2.34. The zero-order valence-electron chi connectivity index (χ0n) is 8.39. The quantitative estimate of drug-likeness (QED) is 0.602. The monoisotopic (exact) mass is 184 g/mol. The second kappa shape index (κ2) is 4.42. The summed E-state index contributed by atoms with van der Waals surface area (Å²) in [6.45, 7) is 8.93. The molecule has 1 aliphatic rings. The predicted octanol–water partition coefficient (Wildman–Crippen LogP) is 1.62. The van der Waals surface area contributed by atoms with E-state index in [9.17, 15) is 4.39 Å². The third kappa shape index (κ3) is 2.56. The maximum Gasteiger partial charge on any atom is 0.138 e. The van der Waals surface area contributed by atoms with E-state index in [2.05, 4.69) is 18.5 Å². The van der Waals surface area contributed by atoms with E-state index in [0.717, 1.165) is 26.2 Å². The van der Waals surface area contributed by atoms with Crippen molar-refractivity contribution >= 4 is 0 Å². The molecular weight excluding hydrogens is 167 g/mol. The molecule has 0 radical (unpaired) electrons. The molecule has 0 N–H and O–H groups in total. The van der Waals surface area contributed by atoms with Crippen LogP contribution in [-0.4, -0.2) is 43.0 Å². The number of piperazine rings is 1. The molecule has 0 aliphatic carbocycles. The third-order valence-corrected chi connectivity index (χ3v) is 2.40. The minimum Gasteiger partial charge on any atom is -0.367 e. The summed E-state index contributed by atoms with van der Waals surface area (Å²) < 4.78 is 12.9. The summed E-state index contributed by atoms with van der Waals surface area (Å²) in [7, 11) is 2.08. The SMILES string of the molecule is C=C(F)/C(=C\C)N1CCN(C)CC1. The first-order chi connectivity index (χ1) is 6.15. The molecule has 1 aliphatic heterocycles. The van der Waals surface area contributed by atoms with Crippen molar-refractivity contribution < 1.29 is 4.39 Å². The Morgan fingerprint density at radius 3 is 2.23 bits per heavy atom. The van der Waals surface area contributed by atoms with E-state index in [1.165, 1.54) is 0 Å². The van der Waals surface area contributed by atoms with E-state index in [-0.39, 0.29) is 5.83 Å². The number of hydrogen-bond acceptors (Lipinski definition) is 2. The molecule has 1 heterocycles. The van der Waals surface area contributed by atoms with Gasteiger partial charge in [-0.15, -0.1) is 0 Å². The Kier molecular flexibility index (Phi) is 3.48. The topological polar surface area (TPSA) is 6.48 Å². The van der Waals surface area contributed by atoms with Crippen molar-refractivity contribution in [2.45, 2.75) is 6.92 Å². The van der Waals surface area contributed by atoms with Gasteiger partial charge in [0, 0.05) is 26.2 Å². The lowest BCUT2D eigenvalue weighted by atomic mass is 10.2. The van der Waals surface area contributed by atoms with Crippen LogP contribution in [0.5, 0.6) is 0 Å². The summed E-state index contributed by atoms with van der Waals surface area (Å²) in [6.07, 6.45) is 1.79. The average Bonchev–Trinajstić information content (AvgIpc) is 2.09. The van der Waals surface area contributed by atoms with Crippen molar-refractivity contribution in [2.24, 2.45) is 0 Å². The predicted molar refractivity (Wildman–Crippen MR) is 53.1 cm³/mol. The number of hydrogen-bond donors (Lipinski definition) is 0. The first-order valence-corrected chi connectivity index (χ1v) is 4.59. The summed E-state index contributed by atoms with van der Waals surface area (Å²) in [5, 5.41) is 0. The van der Waals surface area contributed by atoms with Crippen LogP contribution in [0, 0.1) is 0 Å². The van der Waals surface area contributed by atoms with Crippen molar-refractivity contribution in [3.63, 3.8) is 0 Å². The Hall–Kier alpha value is -0.830. The maximum absolute atomic E-state index is 12.9. The van der Waals surface area contributed by atoms with E-state index in [4.69, 9.17) is 0 Å². The highest BCUT2D eigenvalue weighted by molar-refractivity contribution is 5.20. The van der Waals surface area contributed by atoms with Crippen molar-refractivity contribution in [3.8, 4) is 0 Å². The van der Waals surface area contributed by atoms with Crippen LogP contribution in [0.4, 0.5) is 4.39 Å². The molecule has 0 aromatic carbocycles. The van der Waals surface area contributed by atoms with Gasteiger partial charge in [0.05, 0.1) is 5.70 Å². The number of allylic oxidation sites excluding steroid dienone is 2. The molecule has 0 amide bonds. The van der Waals surface area contributed by atoms with Crippen molar-refractivity contribution in [2.75, 3.05) is 33.2 Å². The van der Waals surface area contributed by atoms with E-state index in [0.29, 0.717) is 5.70 Å². The number of halogens is 1. The fourth-order valence-corrected chi connectivity index (χ4v) is 1.56. The number of nitrogens with zero attached hydrogens (tertiary/aromatic N) is 2. The lowest BCUT2D eigenvalue weighted by Crippen LogP contribution is -2.43. The molecule has 0 atom stereocenters. The number of likely N-dealkylation sites (N-methyl/N-ethyl adjacent to an activating group) is 1. The Morgan fingerprint density at radius 2 is 1.85 bits per heavy atom. The highest BCUT2D eigenvalue weighted by atomic mass is 19.1. The minimum atomic E-state index is -0.327. The Bertz CT molecular complexity index is 215. The van der Waals surface area contributed by atoms with Gasteiger partial charge in [0.25, 0.3) is 0 Å². The molecule has 3 heteroatoms. The molecule has 2 nitrogen and oxygen atoms in total. The van der Waals surface area contributed by atoms with Gasteiger partial charge < -0.3 is 9.80 Å². The second-order valence-corrected chi connectivity index (χ2v) is 3.37. The van der Waals surface area contributed by atoms with Gasteiger partial charge in [0.2, 0.25) is 0 Å². The fourth-order valence-electron chi connectivity index (χ4n) is 1.56. The first kappa shape index (κ1) is 10.3. The highest BCUT2D eigenvalue weighted by Gasteiger charge is 2.17. The van der Waals surface area contributed by atoms with E-state index in [1.807, 2.05) is 11.8 Å². The van der Waals surface area contributed by atoms with Crippen LogP contribution in [-0.2, 0) is 0 Å². The van der Waals surface area contributed by atoms with Crippen LogP contribution in [0.3, 0.4) is 0 Å². The molecule has 0 aromatic heterocycles. The Morgan fingerprint density at radius 1 is 1.31 bits per heavy atom. The lowest BCUT2D eigenvalue weighted by molar-refractivity contribution is 0.185. The van der Waals surface area contributed by atoms with Crippen molar-refractivity contribution in [3.05, 3.63) is 24.2 Å². The van der Waals surface area contributed by atoms with Crippen molar-refractivity contribution in [1.29, 1.82) is 0 Å².